The van der Waals surface area contributed by atoms with Gasteiger partial charge in [0.2, 0.25) is 5.91 Å². The Kier molecular flexibility index (Phi) is 5.58. The number of carbonyl (C=O) groups excluding carboxylic acids is 2. The van der Waals surface area contributed by atoms with E-state index in [-0.39, 0.29) is 18.4 Å². The highest BCUT2D eigenvalue weighted by atomic mass is 16.5. The highest BCUT2D eigenvalue weighted by molar-refractivity contribution is 5.99. The molecule has 2 heterocycles. The topological polar surface area (TPSA) is 83.6 Å². The van der Waals surface area contributed by atoms with E-state index in [1.807, 2.05) is 12.1 Å². The fourth-order valence-corrected chi connectivity index (χ4v) is 2.50. The van der Waals surface area contributed by atoms with Crippen LogP contribution in [0.5, 0.6) is 0 Å². The van der Waals surface area contributed by atoms with Gasteiger partial charge in [0.25, 0.3) is 5.91 Å². The first-order chi connectivity index (χ1) is 12.2. The summed E-state index contributed by atoms with van der Waals surface area (Å²) < 4.78 is 5.31. The van der Waals surface area contributed by atoms with Gasteiger partial charge in [0.15, 0.2) is 0 Å². The molecular formula is C18H20N4O3. The number of hydrogen-bond acceptors (Lipinski definition) is 5. The smallest absolute Gasteiger partial charge is 0.251 e. The van der Waals surface area contributed by atoms with Crippen LogP contribution in [0, 0.1) is 0 Å². The van der Waals surface area contributed by atoms with Crippen LogP contribution in [0.1, 0.15) is 10.4 Å². The fraction of sp³-hybridized carbons (Fsp3) is 0.278. The predicted molar refractivity (Wildman–Crippen MR) is 94.7 cm³/mol. The lowest BCUT2D eigenvalue weighted by Gasteiger charge is -2.27. The summed E-state index contributed by atoms with van der Waals surface area (Å²) in [4.78, 5) is 30.4. The maximum Gasteiger partial charge on any atom is 0.251 e. The zero-order valence-electron chi connectivity index (χ0n) is 13.8. The Bertz CT molecular complexity index is 713. The molecule has 7 heteroatoms. The summed E-state index contributed by atoms with van der Waals surface area (Å²) in [5.74, 6) is 0.278. The monoisotopic (exact) mass is 340 g/mol. The van der Waals surface area contributed by atoms with Crippen LogP contribution in [-0.4, -0.2) is 49.6 Å². The van der Waals surface area contributed by atoms with Gasteiger partial charge in [0, 0.05) is 18.7 Å². The van der Waals surface area contributed by atoms with E-state index in [1.54, 1.807) is 36.5 Å². The number of amides is 2. The normalized spacial score (nSPS) is 14.0. The largest absolute Gasteiger partial charge is 0.378 e. The molecule has 1 aromatic heterocycles. The van der Waals surface area contributed by atoms with Crippen LogP contribution in [0.4, 0.5) is 11.5 Å². The molecule has 3 rings (SSSR count). The lowest BCUT2D eigenvalue weighted by Crippen LogP contribution is -2.36. The van der Waals surface area contributed by atoms with Crippen molar-refractivity contribution in [1.82, 2.24) is 10.3 Å². The van der Waals surface area contributed by atoms with Crippen LogP contribution in [0.2, 0.25) is 0 Å². The van der Waals surface area contributed by atoms with Gasteiger partial charge in [-0.2, -0.15) is 0 Å². The standard InChI is InChI=1S/C18H20N4O3/c23-17(13-20-18(24)14-4-2-1-3-5-14)21-15-6-7-16(19-12-15)22-8-10-25-11-9-22/h1-7,12H,8-11,13H2,(H,20,24)(H,21,23). The molecule has 2 N–H and O–H groups in total. The maximum atomic E-state index is 12.0. The molecule has 0 bridgehead atoms. The van der Waals surface area contributed by atoms with Crippen molar-refractivity contribution < 1.29 is 14.3 Å². The Morgan fingerprint density at radius 2 is 1.84 bits per heavy atom. The van der Waals surface area contributed by atoms with Crippen LogP contribution in [0.15, 0.2) is 48.7 Å². The molecule has 1 aliphatic rings. The molecule has 0 atom stereocenters. The number of morpholine rings is 1. The number of benzene rings is 1. The number of rotatable bonds is 5. The number of anilines is 2. The minimum atomic E-state index is -0.301. The number of carbonyl (C=O) groups is 2. The molecule has 0 spiro atoms. The maximum absolute atomic E-state index is 12.0. The van der Waals surface area contributed by atoms with Crippen molar-refractivity contribution in [2.24, 2.45) is 0 Å². The average Bonchev–Trinajstić information content (AvgIpc) is 2.68. The minimum Gasteiger partial charge on any atom is -0.378 e. The minimum absolute atomic E-state index is 0.0983. The second-order valence-electron chi connectivity index (χ2n) is 5.60. The summed E-state index contributed by atoms with van der Waals surface area (Å²) >= 11 is 0. The van der Waals surface area contributed by atoms with Crippen LogP contribution in [0.3, 0.4) is 0 Å². The third-order valence-corrected chi connectivity index (χ3v) is 3.81. The van der Waals surface area contributed by atoms with Crippen molar-refractivity contribution >= 4 is 23.3 Å². The molecule has 1 aromatic carbocycles. The summed E-state index contributed by atoms with van der Waals surface area (Å²) in [5.41, 5.74) is 1.11. The molecule has 2 amide bonds. The third kappa shape index (κ3) is 4.77. The van der Waals surface area contributed by atoms with E-state index in [1.165, 1.54) is 0 Å². The van der Waals surface area contributed by atoms with Crippen molar-refractivity contribution in [3.8, 4) is 0 Å². The molecular weight excluding hydrogens is 320 g/mol. The van der Waals surface area contributed by atoms with Crippen molar-refractivity contribution in [2.45, 2.75) is 0 Å². The Morgan fingerprint density at radius 3 is 2.52 bits per heavy atom. The van der Waals surface area contributed by atoms with Crippen LogP contribution < -0.4 is 15.5 Å². The Morgan fingerprint density at radius 1 is 1.08 bits per heavy atom. The van der Waals surface area contributed by atoms with Gasteiger partial charge < -0.3 is 20.3 Å². The van der Waals surface area contributed by atoms with E-state index < -0.39 is 0 Å². The molecule has 0 saturated carbocycles. The molecule has 130 valence electrons. The zero-order chi connectivity index (χ0) is 17.5. The van der Waals surface area contributed by atoms with Gasteiger partial charge in [0.05, 0.1) is 31.6 Å². The van der Waals surface area contributed by atoms with Crippen LogP contribution >= 0.6 is 0 Å². The number of hydrogen-bond donors (Lipinski definition) is 2. The highest BCUT2D eigenvalue weighted by Crippen LogP contribution is 2.15. The van der Waals surface area contributed by atoms with E-state index in [9.17, 15) is 9.59 Å². The van der Waals surface area contributed by atoms with Crippen molar-refractivity contribution in [1.29, 1.82) is 0 Å². The SMILES string of the molecule is O=C(CNC(=O)c1ccccc1)Nc1ccc(N2CCOCC2)nc1. The van der Waals surface area contributed by atoms with Gasteiger partial charge in [-0.15, -0.1) is 0 Å². The van der Waals surface area contributed by atoms with Gasteiger partial charge in [-0.3, -0.25) is 9.59 Å². The fourth-order valence-electron chi connectivity index (χ4n) is 2.50. The molecule has 1 saturated heterocycles. The van der Waals surface area contributed by atoms with E-state index in [0.717, 1.165) is 18.9 Å². The average molecular weight is 340 g/mol. The van der Waals surface area contributed by atoms with Gasteiger partial charge >= 0.3 is 0 Å². The van der Waals surface area contributed by atoms with E-state index >= 15 is 0 Å². The molecule has 1 fully saturated rings. The second kappa shape index (κ2) is 8.25. The second-order valence-corrected chi connectivity index (χ2v) is 5.60. The summed E-state index contributed by atoms with van der Waals surface area (Å²) in [6.07, 6.45) is 1.61. The number of nitrogens with one attached hydrogen (secondary N) is 2. The predicted octanol–water partition coefficient (Wildman–Crippen LogP) is 1.29. The summed E-state index contributed by atoms with van der Waals surface area (Å²) in [7, 11) is 0. The lowest BCUT2D eigenvalue weighted by molar-refractivity contribution is -0.115. The first-order valence-corrected chi connectivity index (χ1v) is 8.14. The van der Waals surface area contributed by atoms with Gasteiger partial charge in [-0.05, 0) is 24.3 Å². The third-order valence-electron chi connectivity index (χ3n) is 3.81. The van der Waals surface area contributed by atoms with Gasteiger partial charge in [-0.25, -0.2) is 4.98 Å². The van der Waals surface area contributed by atoms with E-state index in [0.29, 0.717) is 24.5 Å². The summed E-state index contributed by atoms with van der Waals surface area (Å²) in [5, 5.41) is 5.31. The van der Waals surface area contributed by atoms with Crippen LogP contribution in [0.25, 0.3) is 0 Å². The highest BCUT2D eigenvalue weighted by Gasteiger charge is 2.12. The zero-order valence-corrected chi connectivity index (χ0v) is 13.8. The van der Waals surface area contributed by atoms with Crippen molar-refractivity contribution in [3.05, 3.63) is 54.2 Å². The Labute approximate surface area is 146 Å². The molecule has 0 radical (unpaired) electrons. The molecule has 1 aliphatic heterocycles. The molecule has 7 nitrogen and oxygen atoms in total. The van der Waals surface area contributed by atoms with E-state index in [2.05, 4.69) is 20.5 Å². The molecule has 2 aromatic rings. The number of aromatic nitrogens is 1. The first-order valence-electron chi connectivity index (χ1n) is 8.14. The number of nitrogens with zero attached hydrogens (tertiary/aromatic N) is 2. The van der Waals surface area contributed by atoms with Gasteiger partial charge in [0.1, 0.15) is 5.82 Å². The van der Waals surface area contributed by atoms with Gasteiger partial charge in [-0.1, -0.05) is 18.2 Å². The summed E-state index contributed by atoms with van der Waals surface area (Å²) in [6.45, 7) is 2.91. The van der Waals surface area contributed by atoms with E-state index in [4.69, 9.17) is 4.74 Å². The molecule has 0 aliphatic carbocycles. The van der Waals surface area contributed by atoms with Crippen molar-refractivity contribution in [3.63, 3.8) is 0 Å². The Balaban J connectivity index is 1.48. The van der Waals surface area contributed by atoms with Crippen LogP contribution in [-0.2, 0) is 9.53 Å². The first kappa shape index (κ1) is 16.9. The quantitative estimate of drug-likeness (QED) is 0.857. The molecule has 25 heavy (non-hydrogen) atoms. The lowest BCUT2D eigenvalue weighted by atomic mass is 10.2. The van der Waals surface area contributed by atoms with Crippen molar-refractivity contribution in [2.75, 3.05) is 43.1 Å². The Hall–Kier alpha value is -2.93. The molecule has 0 unspecified atom stereocenters. The number of ether oxygens (including phenoxy) is 1. The summed E-state index contributed by atoms with van der Waals surface area (Å²) in [6, 6.07) is 12.4. The number of pyridine rings is 1.